The molecular formula is C17H21ClN2O. The third-order valence-corrected chi connectivity index (χ3v) is 3.69. The van der Waals surface area contributed by atoms with Gasteiger partial charge in [0.15, 0.2) is 0 Å². The average Bonchev–Trinajstić information content (AvgIpc) is 2.53. The van der Waals surface area contributed by atoms with Gasteiger partial charge in [0.25, 0.3) is 0 Å². The highest BCUT2D eigenvalue weighted by atomic mass is 35.5. The topological polar surface area (TPSA) is 47.3 Å². The Morgan fingerprint density at radius 3 is 2.24 bits per heavy atom. The third kappa shape index (κ3) is 5.05. The third-order valence-electron chi connectivity index (χ3n) is 3.43. The Morgan fingerprint density at radius 1 is 1.05 bits per heavy atom. The molecule has 0 heterocycles. The molecule has 2 aromatic rings. The van der Waals surface area contributed by atoms with Crippen LogP contribution in [0.5, 0.6) is 5.75 Å². The summed E-state index contributed by atoms with van der Waals surface area (Å²) >= 11 is 5.90. The lowest BCUT2D eigenvalue weighted by molar-refractivity contribution is 0.414. The van der Waals surface area contributed by atoms with E-state index in [4.69, 9.17) is 22.1 Å². The van der Waals surface area contributed by atoms with Gasteiger partial charge in [0, 0.05) is 24.2 Å². The molecule has 2 rings (SSSR count). The summed E-state index contributed by atoms with van der Waals surface area (Å²) in [5.74, 6) is 0.871. The largest absolute Gasteiger partial charge is 0.497 e. The lowest BCUT2D eigenvalue weighted by atomic mass is 10.1. The Kier molecular flexibility index (Phi) is 6.05. The van der Waals surface area contributed by atoms with Gasteiger partial charge in [-0.3, -0.25) is 0 Å². The molecule has 0 fully saturated rings. The Morgan fingerprint density at radius 2 is 1.67 bits per heavy atom. The molecule has 4 heteroatoms. The van der Waals surface area contributed by atoms with Gasteiger partial charge >= 0.3 is 0 Å². The van der Waals surface area contributed by atoms with Gasteiger partial charge in [0.1, 0.15) is 5.75 Å². The first-order valence-corrected chi connectivity index (χ1v) is 7.40. The van der Waals surface area contributed by atoms with E-state index < -0.39 is 0 Å². The molecule has 0 bridgehead atoms. The second-order valence-corrected chi connectivity index (χ2v) is 5.43. The number of benzene rings is 2. The summed E-state index contributed by atoms with van der Waals surface area (Å²) in [4.78, 5) is 0. The van der Waals surface area contributed by atoms with Crippen LogP contribution in [-0.4, -0.2) is 19.7 Å². The molecule has 0 aromatic heterocycles. The zero-order valence-electron chi connectivity index (χ0n) is 12.2. The van der Waals surface area contributed by atoms with Crippen LogP contribution < -0.4 is 15.8 Å². The fourth-order valence-electron chi connectivity index (χ4n) is 2.15. The van der Waals surface area contributed by atoms with Gasteiger partial charge in [-0.25, -0.2) is 0 Å². The maximum Gasteiger partial charge on any atom is 0.118 e. The van der Waals surface area contributed by atoms with E-state index in [2.05, 4.69) is 17.4 Å². The van der Waals surface area contributed by atoms with E-state index in [1.807, 2.05) is 36.4 Å². The molecule has 112 valence electrons. The molecule has 2 aromatic carbocycles. The first-order valence-electron chi connectivity index (χ1n) is 7.02. The fourth-order valence-corrected chi connectivity index (χ4v) is 2.28. The molecule has 1 unspecified atom stereocenters. The van der Waals surface area contributed by atoms with Gasteiger partial charge < -0.3 is 15.8 Å². The van der Waals surface area contributed by atoms with Crippen LogP contribution in [0.2, 0.25) is 5.02 Å². The molecule has 3 nitrogen and oxygen atoms in total. The van der Waals surface area contributed by atoms with Crippen LogP contribution in [0.1, 0.15) is 11.1 Å². The summed E-state index contributed by atoms with van der Waals surface area (Å²) in [5.41, 5.74) is 8.30. The molecule has 0 aliphatic heterocycles. The van der Waals surface area contributed by atoms with E-state index >= 15 is 0 Å². The van der Waals surface area contributed by atoms with Crippen molar-refractivity contribution in [3.8, 4) is 5.75 Å². The van der Waals surface area contributed by atoms with Crippen LogP contribution in [0.25, 0.3) is 0 Å². The first-order chi connectivity index (χ1) is 10.2. The van der Waals surface area contributed by atoms with Gasteiger partial charge in [-0.1, -0.05) is 35.9 Å². The van der Waals surface area contributed by atoms with E-state index in [1.165, 1.54) is 11.1 Å². The van der Waals surface area contributed by atoms with E-state index in [0.29, 0.717) is 6.54 Å². The molecule has 21 heavy (non-hydrogen) atoms. The van der Waals surface area contributed by atoms with Crippen molar-refractivity contribution >= 4 is 11.6 Å². The van der Waals surface area contributed by atoms with Crippen LogP contribution in [0.4, 0.5) is 0 Å². The molecule has 0 saturated carbocycles. The molecule has 0 radical (unpaired) electrons. The van der Waals surface area contributed by atoms with Crippen LogP contribution >= 0.6 is 11.6 Å². The van der Waals surface area contributed by atoms with Crippen molar-refractivity contribution < 1.29 is 4.74 Å². The number of nitrogens with two attached hydrogens (primary N) is 1. The highest BCUT2D eigenvalue weighted by molar-refractivity contribution is 6.30. The molecule has 0 spiro atoms. The Labute approximate surface area is 131 Å². The fraction of sp³-hybridized carbons (Fsp3) is 0.294. The molecule has 3 N–H and O–H groups in total. The zero-order valence-corrected chi connectivity index (χ0v) is 12.9. The number of hydrogen-bond donors (Lipinski definition) is 2. The van der Waals surface area contributed by atoms with Crippen LogP contribution in [0.3, 0.4) is 0 Å². The van der Waals surface area contributed by atoms with E-state index in [-0.39, 0.29) is 6.04 Å². The molecular weight excluding hydrogens is 284 g/mol. The normalized spacial score (nSPS) is 12.1. The van der Waals surface area contributed by atoms with Crippen molar-refractivity contribution in [1.29, 1.82) is 0 Å². The van der Waals surface area contributed by atoms with Crippen LogP contribution in [-0.2, 0) is 13.0 Å². The molecule has 0 amide bonds. The SMILES string of the molecule is COc1ccc(CNC(CN)Cc2ccc(Cl)cc2)cc1. The van der Waals surface area contributed by atoms with Gasteiger partial charge in [0.05, 0.1) is 7.11 Å². The number of rotatable bonds is 7. The van der Waals surface area contributed by atoms with Crippen molar-refractivity contribution in [2.75, 3.05) is 13.7 Å². The second kappa shape index (κ2) is 8.03. The quantitative estimate of drug-likeness (QED) is 0.826. The highest BCUT2D eigenvalue weighted by Gasteiger charge is 2.07. The van der Waals surface area contributed by atoms with E-state index in [9.17, 15) is 0 Å². The maximum absolute atomic E-state index is 5.90. The predicted octanol–water partition coefficient (Wildman–Crippen LogP) is 3.01. The summed E-state index contributed by atoms with van der Waals surface area (Å²) in [6.45, 7) is 1.39. The minimum atomic E-state index is 0.244. The summed E-state index contributed by atoms with van der Waals surface area (Å²) in [7, 11) is 1.67. The van der Waals surface area contributed by atoms with Gasteiger partial charge in [-0.2, -0.15) is 0 Å². The standard InChI is InChI=1S/C17H21ClN2O/c1-21-17-8-4-14(5-9-17)12-20-16(11-19)10-13-2-6-15(18)7-3-13/h2-9,16,20H,10-12,19H2,1H3. The Balaban J connectivity index is 1.88. The monoisotopic (exact) mass is 304 g/mol. The number of halogens is 1. The number of nitrogens with one attached hydrogen (secondary N) is 1. The molecule has 0 aliphatic rings. The molecule has 0 aliphatic carbocycles. The van der Waals surface area contributed by atoms with E-state index in [1.54, 1.807) is 7.11 Å². The van der Waals surface area contributed by atoms with E-state index in [0.717, 1.165) is 23.7 Å². The molecule has 0 saturated heterocycles. The first kappa shape index (κ1) is 15.8. The smallest absolute Gasteiger partial charge is 0.118 e. The predicted molar refractivity (Wildman–Crippen MR) is 87.8 cm³/mol. The van der Waals surface area contributed by atoms with Crippen molar-refractivity contribution in [1.82, 2.24) is 5.32 Å². The van der Waals surface area contributed by atoms with Crippen molar-refractivity contribution in [2.45, 2.75) is 19.0 Å². The highest BCUT2D eigenvalue weighted by Crippen LogP contribution is 2.13. The average molecular weight is 305 g/mol. The molecule has 1 atom stereocenters. The minimum Gasteiger partial charge on any atom is -0.497 e. The second-order valence-electron chi connectivity index (χ2n) is 4.99. The number of methoxy groups -OCH3 is 1. The Hall–Kier alpha value is -1.55. The summed E-state index contributed by atoms with van der Waals surface area (Å²) in [6.07, 6.45) is 0.893. The van der Waals surface area contributed by atoms with Crippen molar-refractivity contribution in [3.63, 3.8) is 0 Å². The maximum atomic E-state index is 5.90. The number of hydrogen-bond acceptors (Lipinski definition) is 3. The van der Waals surface area contributed by atoms with Gasteiger partial charge in [-0.05, 0) is 41.8 Å². The lowest BCUT2D eigenvalue weighted by Gasteiger charge is -2.17. The van der Waals surface area contributed by atoms with Gasteiger partial charge in [0.2, 0.25) is 0 Å². The van der Waals surface area contributed by atoms with Crippen LogP contribution in [0.15, 0.2) is 48.5 Å². The summed E-state index contributed by atoms with van der Waals surface area (Å²) in [5, 5.41) is 4.25. The lowest BCUT2D eigenvalue weighted by Crippen LogP contribution is -2.37. The minimum absolute atomic E-state index is 0.244. The van der Waals surface area contributed by atoms with Crippen LogP contribution in [0, 0.1) is 0 Å². The Bertz CT molecular complexity index is 540. The summed E-state index contributed by atoms with van der Waals surface area (Å²) < 4.78 is 5.15. The van der Waals surface area contributed by atoms with Gasteiger partial charge in [-0.15, -0.1) is 0 Å². The van der Waals surface area contributed by atoms with Crippen molar-refractivity contribution in [3.05, 3.63) is 64.7 Å². The number of ether oxygens (including phenoxy) is 1. The zero-order chi connectivity index (χ0) is 15.1. The summed E-state index contributed by atoms with van der Waals surface area (Å²) in [6, 6.07) is 16.2. The van der Waals surface area contributed by atoms with Crippen molar-refractivity contribution in [2.24, 2.45) is 5.73 Å².